The van der Waals surface area contributed by atoms with Gasteiger partial charge in [0.1, 0.15) is 5.82 Å². The summed E-state index contributed by atoms with van der Waals surface area (Å²) in [5, 5.41) is 2.76. The van der Waals surface area contributed by atoms with Crippen LogP contribution < -0.4 is 16.2 Å². The first-order valence-electron chi connectivity index (χ1n) is 9.43. The predicted molar refractivity (Wildman–Crippen MR) is 117 cm³/mol. The van der Waals surface area contributed by atoms with E-state index in [1.807, 2.05) is 13.0 Å². The average molecular weight is 417 g/mol. The minimum atomic E-state index is -0.542. The Bertz CT molecular complexity index is 1120. The van der Waals surface area contributed by atoms with E-state index in [1.54, 1.807) is 30.3 Å². The van der Waals surface area contributed by atoms with Crippen LogP contribution in [0.15, 0.2) is 78.9 Å². The van der Waals surface area contributed by atoms with Gasteiger partial charge in [-0.05, 0) is 67.1 Å². The van der Waals surface area contributed by atoms with Gasteiger partial charge in [-0.2, -0.15) is 0 Å². The number of anilines is 1. The number of carbonyl (C=O) groups excluding carboxylic acids is 3. The van der Waals surface area contributed by atoms with Crippen LogP contribution in [0, 0.1) is 12.7 Å². The van der Waals surface area contributed by atoms with Gasteiger partial charge in [-0.3, -0.25) is 25.2 Å². The van der Waals surface area contributed by atoms with E-state index in [2.05, 4.69) is 16.2 Å². The van der Waals surface area contributed by atoms with E-state index in [1.165, 1.54) is 48.6 Å². The van der Waals surface area contributed by atoms with E-state index in [9.17, 15) is 18.8 Å². The van der Waals surface area contributed by atoms with Gasteiger partial charge < -0.3 is 5.32 Å². The van der Waals surface area contributed by atoms with Gasteiger partial charge in [-0.15, -0.1) is 0 Å². The second-order valence-electron chi connectivity index (χ2n) is 6.73. The summed E-state index contributed by atoms with van der Waals surface area (Å²) in [6.07, 6.45) is 2.71. The summed E-state index contributed by atoms with van der Waals surface area (Å²) in [5.74, 6) is -1.67. The Morgan fingerprint density at radius 2 is 1.52 bits per heavy atom. The number of hydrazine groups is 1. The highest BCUT2D eigenvalue weighted by Gasteiger charge is 2.09. The molecule has 0 radical (unpaired) electrons. The van der Waals surface area contributed by atoms with Crippen LogP contribution in [0.5, 0.6) is 0 Å². The van der Waals surface area contributed by atoms with Crippen LogP contribution in [0.1, 0.15) is 31.8 Å². The highest BCUT2D eigenvalue weighted by atomic mass is 19.1. The highest BCUT2D eigenvalue weighted by Crippen LogP contribution is 2.12. The van der Waals surface area contributed by atoms with Crippen LogP contribution in [0.2, 0.25) is 0 Å². The molecule has 6 nitrogen and oxygen atoms in total. The van der Waals surface area contributed by atoms with Crippen molar-refractivity contribution in [3.63, 3.8) is 0 Å². The van der Waals surface area contributed by atoms with Gasteiger partial charge >= 0.3 is 0 Å². The Balaban J connectivity index is 1.51. The number of hydrogen-bond donors (Lipinski definition) is 3. The lowest BCUT2D eigenvalue weighted by Crippen LogP contribution is -2.40. The van der Waals surface area contributed by atoms with Crippen LogP contribution in [0.3, 0.4) is 0 Å². The van der Waals surface area contributed by atoms with E-state index >= 15 is 0 Å². The number of rotatable bonds is 5. The average Bonchev–Trinajstić information content (AvgIpc) is 2.77. The van der Waals surface area contributed by atoms with E-state index < -0.39 is 11.8 Å². The maximum Gasteiger partial charge on any atom is 0.269 e. The minimum Gasteiger partial charge on any atom is -0.322 e. The van der Waals surface area contributed by atoms with E-state index in [-0.39, 0.29) is 11.7 Å². The molecule has 0 fully saturated rings. The van der Waals surface area contributed by atoms with Crippen molar-refractivity contribution in [2.45, 2.75) is 6.92 Å². The largest absolute Gasteiger partial charge is 0.322 e. The Morgan fingerprint density at radius 3 is 2.19 bits per heavy atom. The van der Waals surface area contributed by atoms with Gasteiger partial charge in [0.25, 0.3) is 17.7 Å². The van der Waals surface area contributed by atoms with Gasteiger partial charge in [0, 0.05) is 22.9 Å². The molecule has 156 valence electrons. The van der Waals surface area contributed by atoms with Crippen molar-refractivity contribution in [1.29, 1.82) is 0 Å². The van der Waals surface area contributed by atoms with Crippen molar-refractivity contribution >= 4 is 29.5 Å². The summed E-state index contributed by atoms with van der Waals surface area (Å²) in [6, 6.07) is 19.1. The van der Waals surface area contributed by atoms with E-state index in [0.29, 0.717) is 22.4 Å². The van der Waals surface area contributed by atoms with Gasteiger partial charge in [-0.25, -0.2) is 4.39 Å². The zero-order valence-corrected chi connectivity index (χ0v) is 16.7. The number of aryl methyl sites for hydroxylation is 1. The van der Waals surface area contributed by atoms with Gasteiger partial charge in [0.15, 0.2) is 0 Å². The zero-order chi connectivity index (χ0) is 22.2. The van der Waals surface area contributed by atoms with Crippen LogP contribution in [-0.4, -0.2) is 17.7 Å². The number of nitrogens with one attached hydrogen (secondary N) is 3. The summed E-state index contributed by atoms with van der Waals surface area (Å²) in [4.78, 5) is 36.3. The Kier molecular flexibility index (Phi) is 6.90. The molecule has 0 bridgehead atoms. The molecular formula is C24H20FN3O3. The third kappa shape index (κ3) is 6.37. The molecule has 0 unspecified atom stereocenters. The standard InChI is InChI=1S/C24H20FN3O3/c1-16-3-2-4-19(15-16)23(30)26-21-12-8-18(9-13-21)24(31)28-27-22(29)14-7-17-5-10-20(25)11-6-17/h2-15H,1H3,(H,26,30)(H,27,29)(H,28,31). The van der Waals surface area contributed by atoms with Gasteiger partial charge in [0.05, 0.1) is 0 Å². The minimum absolute atomic E-state index is 0.249. The Labute approximate surface area is 178 Å². The maximum atomic E-state index is 12.9. The van der Waals surface area contributed by atoms with E-state index in [4.69, 9.17) is 0 Å². The summed E-state index contributed by atoms with van der Waals surface area (Å²) in [7, 11) is 0. The molecule has 3 rings (SSSR count). The SMILES string of the molecule is Cc1cccc(C(=O)Nc2ccc(C(=O)NNC(=O)C=Cc3ccc(F)cc3)cc2)c1. The van der Waals surface area contributed by atoms with Crippen molar-refractivity contribution < 1.29 is 18.8 Å². The predicted octanol–water partition coefficient (Wildman–Crippen LogP) is 3.86. The summed E-state index contributed by atoms with van der Waals surface area (Å²) >= 11 is 0. The summed E-state index contributed by atoms with van der Waals surface area (Å²) in [5.41, 5.74) is 7.57. The quantitative estimate of drug-likeness (QED) is 0.435. The molecule has 0 aliphatic rings. The molecule has 31 heavy (non-hydrogen) atoms. The molecule has 0 atom stereocenters. The summed E-state index contributed by atoms with van der Waals surface area (Å²) < 4.78 is 12.9. The van der Waals surface area contributed by atoms with E-state index in [0.717, 1.165) is 5.56 Å². The number of amides is 3. The Morgan fingerprint density at radius 1 is 0.806 bits per heavy atom. The maximum absolute atomic E-state index is 12.9. The fourth-order valence-corrected chi connectivity index (χ4v) is 2.67. The number of carbonyl (C=O) groups is 3. The molecule has 3 amide bonds. The molecule has 0 aromatic heterocycles. The third-order valence-corrected chi connectivity index (χ3v) is 4.28. The van der Waals surface area contributed by atoms with Crippen LogP contribution in [0.25, 0.3) is 6.08 Å². The van der Waals surface area contributed by atoms with Crippen LogP contribution >= 0.6 is 0 Å². The van der Waals surface area contributed by atoms with Crippen molar-refractivity contribution in [3.05, 3.63) is 107 Å². The molecule has 7 heteroatoms. The molecule has 0 saturated heterocycles. The summed E-state index contributed by atoms with van der Waals surface area (Å²) in [6.45, 7) is 1.90. The fourth-order valence-electron chi connectivity index (χ4n) is 2.67. The van der Waals surface area contributed by atoms with Crippen molar-refractivity contribution in [1.82, 2.24) is 10.9 Å². The number of hydrogen-bond acceptors (Lipinski definition) is 3. The highest BCUT2D eigenvalue weighted by molar-refractivity contribution is 6.04. The molecule has 0 heterocycles. The van der Waals surface area contributed by atoms with Crippen LogP contribution in [0.4, 0.5) is 10.1 Å². The molecule has 3 N–H and O–H groups in total. The second kappa shape index (κ2) is 9.98. The first-order chi connectivity index (χ1) is 14.9. The monoisotopic (exact) mass is 417 g/mol. The second-order valence-corrected chi connectivity index (χ2v) is 6.73. The van der Waals surface area contributed by atoms with Crippen LogP contribution in [-0.2, 0) is 4.79 Å². The molecule has 0 aliphatic heterocycles. The van der Waals surface area contributed by atoms with Gasteiger partial charge in [-0.1, -0.05) is 29.8 Å². The van der Waals surface area contributed by atoms with Crippen molar-refractivity contribution in [2.75, 3.05) is 5.32 Å². The molecular weight excluding hydrogens is 397 g/mol. The number of benzene rings is 3. The smallest absolute Gasteiger partial charge is 0.269 e. The lowest BCUT2D eigenvalue weighted by atomic mass is 10.1. The first-order valence-corrected chi connectivity index (χ1v) is 9.43. The molecule has 3 aromatic carbocycles. The molecule has 0 spiro atoms. The van der Waals surface area contributed by atoms with Crippen molar-refractivity contribution in [3.8, 4) is 0 Å². The molecule has 3 aromatic rings. The first kappa shape index (κ1) is 21.4. The Hall–Kier alpha value is -4.26. The molecule has 0 saturated carbocycles. The zero-order valence-electron chi connectivity index (χ0n) is 16.7. The fraction of sp³-hybridized carbons (Fsp3) is 0.0417. The normalized spacial score (nSPS) is 10.5. The number of halogens is 1. The lowest BCUT2D eigenvalue weighted by Gasteiger charge is -2.08. The lowest BCUT2D eigenvalue weighted by molar-refractivity contribution is -0.117. The van der Waals surface area contributed by atoms with Gasteiger partial charge in [0.2, 0.25) is 0 Å². The molecule has 0 aliphatic carbocycles. The topological polar surface area (TPSA) is 87.3 Å². The third-order valence-electron chi connectivity index (χ3n) is 4.28. The van der Waals surface area contributed by atoms with Crippen molar-refractivity contribution in [2.24, 2.45) is 0 Å².